The molecule has 0 aliphatic rings. The van der Waals surface area contributed by atoms with Gasteiger partial charge in [-0.2, -0.15) is 0 Å². The molecular formula is C12H15NO4. The van der Waals surface area contributed by atoms with Gasteiger partial charge in [-0.15, -0.1) is 0 Å². The van der Waals surface area contributed by atoms with E-state index in [2.05, 4.69) is 4.98 Å². The van der Waals surface area contributed by atoms with E-state index >= 15 is 0 Å². The van der Waals surface area contributed by atoms with Crippen molar-refractivity contribution < 1.29 is 19.4 Å². The molecule has 1 heterocycles. The van der Waals surface area contributed by atoms with E-state index < -0.39 is 17.9 Å². The lowest BCUT2D eigenvalue weighted by Crippen LogP contribution is -2.26. The van der Waals surface area contributed by atoms with E-state index in [1.54, 1.807) is 25.4 Å². The highest BCUT2D eigenvalue weighted by atomic mass is 16.5. The van der Waals surface area contributed by atoms with E-state index in [1.165, 1.54) is 0 Å². The van der Waals surface area contributed by atoms with Gasteiger partial charge < -0.3 is 9.84 Å². The summed E-state index contributed by atoms with van der Waals surface area (Å²) in [6, 6.07) is 3.62. The summed E-state index contributed by atoms with van der Waals surface area (Å²) in [5.74, 6) is -2.92. The van der Waals surface area contributed by atoms with Gasteiger partial charge in [-0.3, -0.25) is 14.6 Å². The summed E-state index contributed by atoms with van der Waals surface area (Å²) in [7, 11) is 0. The van der Waals surface area contributed by atoms with Gasteiger partial charge in [0.25, 0.3) is 0 Å². The number of ether oxygens (including phenoxy) is 1. The molecule has 0 bridgehead atoms. The van der Waals surface area contributed by atoms with Gasteiger partial charge in [0.2, 0.25) is 0 Å². The zero-order valence-corrected chi connectivity index (χ0v) is 9.63. The van der Waals surface area contributed by atoms with Gasteiger partial charge in [0, 0.05) is 12.4 Å². The molecule has 17 heavy (non-hydrogen) atoms. The number of pyridine rings is 1. The molecule has 1 rings (SSSR count). The Balaban J connectivity index is 2.56. The summed E-state index contributed by atoms with van der Waals surface area (Å²) in [5.41, 5.74) is 0.906. The molecule has 0 aliphatic heterocycles. The molecule has 1 unspecified atom stereocenters. The van der Waals surface area contributed by atoms with Crippen LogP contribution < -0.4 is 0 Å². The second-order valence-corrected chi connectivity index (χ2v) is 3.54. The van der Waals surface area contributed by atoms with E-state index in [0.717, 1.165) is 5.56 Å². The molecule has 5 heteroatoms. The Morgan fingerprint density at radius 3 is 2.82 bits per heavy atom. The molecule has 1 N–H and O–H groups in total. The number of aliphatic carboxylic acids is 1. The van der Waals surface area contributed by atoms with Crippen LogP contribution in [0.4, 0.5) is 0 Å². The third kappa shape index (κ3) is 4.22. The Morgan fingerprint density at radius 2 is 2.29 bits per heavy atom. The van der Waals surface area contributed by atoms with Gasteiger partial charge in [0.1, 0.15) is 0 Å². The SMILES string of the molecule is CCOC(=O)C(CCc1cccnc1)C(=O)O. The van der Waals surface area contributed by atoms with Crippen molar-refractivity contribution in [3.8, 4) is 0 Å². The Labute approximate surface area is 99.4 Å². The molecule has 5 nitrogen and oxygen atoms in total. The first kappa shape index (κ1) is 13.2. The highest BCUT2D eigenvalue weighted by Gasteiger charge is 2.27. The zero-order chi connectivity index (χ0) is 12.7. The van der Waals surface area contributed by atoms with Crippen LogP contribution in [0, 0.1) is 5.92 Å². The van der Waals surface area contributed by atoms with Crippen LogP contribution in [0.3, 0.4) is 0 Å². The second kappa shape index (κ2) is 6.62. The number of aryl methyl sites for hydroxylation is 1. The van der Waals surface area contributed by atoms with E-state index in [1.807, 2.05) is 6.07 Å². The van der Waals surface area contributed by atoms with Crippen LogP contribution in [-0.2, 0) is 20.7 Å². The molecule has 1 atom stereocenters. The number of hydrogen-bond acceptors (Lipinski definition) is 4. The Hall–Kier alpha value is -1.91. The van der Waals surface area contributed by atoms with Crippen molar-refractivity contribution in [3.63, 3.8) is 0 Å². The maximum absolute atomic E-state index is 11.4. The Morgan fingerprint density at radius 1 is 1.53 bits per heavy atom. The topological polar surface area (TPSA) is 76.5 Å². The smallest absolute Gasteiger partial charge is 0.320 e. The Kier molecular flexibility index (Phi) is 5.13. The minimum atomic E-state index is -1.15. The van der Waals surface area contributed by atoms with Crippen LogP contribution in [0.25, 0.3) is 0 Å². The maximum Gasteiger partial charge on any atom is 0.320 e. The minimum Gasteiger partial charge on any atom is -0.481 e. The van der Waals surface area contributed by atoms with Crippen LogP contribution in [0.15, 0.2) is 24.5 Å². The third-order valence-electron chi connectivity index (χ3n) is 2.31. The predicted octanol–water partition coefficient (Wildman–Crippen LogP) is 1.28. The number of carboxylic acids is 1. The average Bonchev–Trinajstić information content (AvgIpc) is 2.30. The number of carboxylic acid groups (broad SMARTS) is 1. The Bertz CT molecular complexity index is 377. The minimum absolute atomic E-state index is 0.190. The van der Waals surface area contributed by atoms with Crippen LogP contribution in [0.5, 0.6) is 0 Å². The highest BCUT2D eigenvalue weighted by molar-refractivity contribution is 5.93. The molecule has 0 saturated carbocycles. The third-order valence-corrected chi connectivity index (χ3v) is 2.31. The van der Waals surface area contributed by atoms with Crippen molar-refractivity contribution in [2.75, 3.05) is 6.61 Å². The fourth-order valence-electron chi connectivity index (χ4n) is 1.44. The fraction of sp³-hybridized carbons (Fsp3) is 0.417. The largest absolute Gasteiger partial charge is 0.481 e. The van der Waals surface area contributed by atoms with Crippen LogP contribution in [0.1, 0.15) is 18.9 Å². The fourth-order valence-corrected chi connectivity index (χ4v) is 1.44. The summed E-state index contributed by atoms with van der Waals surface area (Å²) in [6.45, 7) is 1.84. The van der Waals surface area contributed by atoms with E-state index in [9.17, 15) is 9.59 Å². The number of rotatable bonds is 6. The van der Waals surface area contributed by atoms with E-state index in [-0.39, 0.29) is 13.0 Å². The summed E-state index contributed by atoms with van der Waals surface area (Å²) in [5, 5.41) is 8.93. The number of carbonyl (C=O) groups excluding carboxylic acids is 1. The normalized spacial score (nSPS) is 11.8. The molecule has 0 spiro atoms. The van der Waals surface area contributed by atoms with Crippen molar-refractivity contribution in [2.45, 2.75) is 19.8 Å². The molecule has 0 amide bonds. The van der Waals surface area contributed by atoms with Crippen molar-refractivity contribution in [2.24, 2.45) is 5.92 Å². The predicted molar refractivity (Wildman–Crippen MR) is 60.3 cm³/mol. The lowest BCUT2D eigenvalue weighted by Gasteiger charge is -2.10. The number of nitrogens with zero attached hydrogens (tertiary/aromatic N) is 1. The number of hydrogen-bond donors (Lipinski definition) is 1. The molecule has 0 fully saturated rings. The molecule has 0 aliphatic carbocycles. The molecule has 1 aromatic heterocycles. The average molecular weight is 237 g/mol. The summed E-state index contributed by atoms with van der Waals surface area (Å²) in [6.07, 6.45) is 4.01. The van der Waals surface area contributed by atoms with E-state index in [4.69, 9.17) is 9.84 Å². The van der Waals surface area contributed by atoms with Crippen LogP contribution in [-0.4, -0.2) is 28.6 Å². The monoisotopic (exact) mass is 237 g/mol. The quantitative estimate of drug-likeness (QED) is 0.595. The highest BCUT2D eigenvalue weighted by Crippen LogP contribution is 2.11. The second-order valence-electron chi connectivity index (χ2n) is 3.54. The molecular weight excluding hydrogens is 222 g/mol. The van der Waals surface area contributed by atoms with Gasteiger partial charge in [-0.25, -0.2) is 0 Å². The van der Waals surface area contributed by atoms with Crippen molar-refractivity contribution in [1.29, 1.82) is 0 Å². The van der Waals surface area contributed by atoms with Gasteiger partial charge in [-0.05, 0) is 31.4 Å². The number of carbonyl (C=O) groups is 2. The molecule has 1 aromatic rings. The zero-order valence-electron chi connectivity index (χ0n) is 9.63. The first-order valence-corrected chi connectivity index (χ1v) is 5.43. The molecule has 0 saturated heterocycles. The first-order valence-electron chi connectivity index (χ1n) is 5.43. The van der Waals surface area contributed by atoms with Crippen LogP contribution >= 0.6 is 0 Å². The summed E-state index contributed by atoms with van der Waals surface area (Å²) < 4.78 is 4.72. The molecule has 0 aromatic carbocycles. The van der Waals surface area contributed by atoms with Crippen molar-refractivity contribution >= 4 is 11.9 Å². The summed E-state index contributed by atoms with van der Waals surface area (Å²) in [4.78, 5) is 26.2. The lowest BCUT2D eigenvalue weighted by molar-refractivity contribution is -0.158. The van der Waals surface area contributed by atoms with Gasteiger partial charge >= 0.3 is 11.9 Å². The van der Waals surface area contributed by atoms with Crippen molar-refractivity contribution in [3.05, 3.63) is 30.1 Å². The summed E-state index contributed by atoms with van der Waals surface area (Å²) >= 11 is 0. The van der Waals surface area contributed by atoms with Gasteiger partial charge in [-0.1, -0.05) is 6.07 Å². The van der Waals surface area contributed by atoms with Crippen molar-refractivity contribution in [1.82, 2.24) is 4.98 Å². The van der Waals surface area contributed by atoms with Gasteiger partial charge in [0.15, 0.2) is 5.92 Å². The van der Waals surface area contributed by atoms with Gasteiger partial charge in [0.05, 0.1) is 6.61 Å². The van der Waals surface area contributed by atoms with Crippen LogP contribution in [0.2, 0.25) is 0 Å². The first-order chi connectivity index (χ1) is 8.15. The molecule has 92 valence electrons. The molecule has 0 radical (unpaired) electrons. The lowest BCUT2D eigenvalue weighted by atomic mass is 10.0. The standard InChI is InChI=1S/C12H15NO4/c1-2-17-12(16)10(11(14)15)6-5-9-4-3-7-13-8-9/h3-4,7-8,10H,2,5-6H2,1H3,(H,14,15). The number of esters is 1. The van der Waals surface area contributed by atoms with E-state index in [0.29, 0.717) is 6.42 Å². The number of aromatic nitrogens is 1. The maximum atomic E-state index is 11.4.